The minimum absolute atomic E-state index is 0.0723. The molecule has 0 spiro atoms. The quantitative estimate of drug-likeness (QED) is 0.871. The van der Waals surface area contributed by atoms with Crippen LogP contribution in [0.4, 0.5) is 0 Å². The molecule has 98 valence electrons. The summed E-state index contributed by atoms with van der Waals surface area (Å²) < 4.78 is 1.01. The van der Waals surface area contributed by atoms with E-state index in [0.29, 0.717) is 10.6 Å². The van der Waals surface area contributed by atoms with E-state index in [-0.39, 0.29) is 11.9 Å². The van der Waals surface area contributed by atoms with Crippen molar-refractivity contribution in [3.8, 4) is 0 Å². The molecule has 19 heavy (non-hydrogen) atoms. The average molecular weight is 339 g/mol. The van der Waals surface area contributed by atoms with Gasteiger partial charge in [-0.05, 0) is 36.8 Å². The van der Waals surface area contributed by atoms with Gasteiger partial charge >= 0.3 is 0 Å². The molecule has 1 amide bonds. The van der Waals surface area contributed by atoms with Gasteiger partial charge in [-0.25, -0.2) is 0 Å². The fourth-order valence-electron chi connectivity index (χ4n) is 1.75. The zero-order valence-corrected chi connectivity index (χ0v) is 12.7. The summed E-state index contributed by atoms with van der Waals surface area (Å²) >= 11 is 9.39. The average Bonchev–Trinajstić information content (AvgIpc) is 2.39. The van der Waals surface area contributed by atoms with Crippen LogP contribution in [0.3, 0.4) is 0 Å². The van der Waals surface area contributed by atoms with Crippen molar-refractivity contribution in [2.75, 3.05) is 0 Å². The molecule has 2 rings (SSSR count). The largest absolute Gasteiger partial charge is 0.345 e. The first kappa shape index (κ1) is 14.1. The van der Waals surface area contributed by atoms with Crippen molar-refractivity contribution >= 4 is 33.4 Å². The Labute approximate surface area is 125 Å². The fraction of sp³-hybridized carbons (Fsp3) is 0.133. The molecule has 0 saturated heterocycles. The molecule has 0 aliphatic rings. The molecule has 2 aromatic carbocycles. The predicted octanol–water partition coefficient (Wildman–Crippen LogP) is 4.59. The highest BCUT2D eigenvalue weighted by atomic mass is 79.9. The maximum atomic E-state index is 12.1. The molecule has 0 aliphatic heterocycles. The molecule has 0 saturated carbocycles. The Morgan fingerprint density at radius 2 is 1.79 bits per heavy atom. The van der Waals surface area contributed by atoms with E-state index in [1.54, 1.807) is 24.3 Å². The number of amides is 1. The van der Waals surface area contributed by atoms with Crippen molar-refractivity contribution < 1.29 is 4.79 Å². The van der Waals surface area contributed by atoms with Crippen LogP contribution in [0, 0.1) is 0 Å². The van der Waals surface area contributed by atoms with E-state index in [1.165, 1.54) is 0 Å². The van der Waals surface area contributed by atoms with Crippen molar-refractivity contribution in [2.24, 2.45) is 0 Å². The van der Waals surface area contributed by atoms with Crippen LogP contribution < -0.4 is 5.32 Å². The van der Waals surface area contributed by atoms with Crippen molar-refractivity contribution in [3.63, 3.8) is 0 Å². The van der Waals surface area contributed by atoms with E-state index >= 15 is 0 Å². The Bertz CT molecular complexity index is 583. The van der Waals surface area contributed by atoms with Gasteiger partial charge in [0.2, 0.25) is 0 Å². The van der Waals surface area contributed by atoms with E-state index in [4.69, 9.17) is 11.6 Å². The lowest BCUT2D eigenvalue weighted by Gasteiger charge is -2.15. The summed E-state index contributed by atoms with van der Waals surface area (Å²) in [5.41, 5.74) is 1.54. The highest BCUT2D eigenvalue weighted by Gasteiger charge is 2.13. The highest BCUT2D eigenvalue weighted by molar-refractivity contribution is 9.10. The van der Waals surface area contributed by atoms with Gasteiger partial charge in [-0.15, -0.1) is 0 Å². The minimum atomic E-state index is -0.166. The van der Waals surface area contributed by atoms with Crippen LogP contribution in [0.5, 0.6) is 0 Å². The summed E-state index contributed by atoms with van der Waals surface area (Å²) in [5, 5.41) is 3.40. The molecule has 0 radical (unpaired) electrons. The van der Waals surface area contributed by atoms with Crippen LogP contribution in [-0.4, -0.2) is 5.91 Å². The van der Waals surface area contributed by atoms with Gasteiger partial charge in [-0.1, -0.05) is 51.8 Å². The second-order valence-electron chi connectivity index (χ2n) is 4.23. The van der Waals surface area contributed by atoms with E-state index in [9.17, 15) is 4.79 Å². The first-order valence-corrected chi connectivity index (χ1v) is 7.06. The predicted molar refractivity (Wildman–Crippen MR) is 81.5 cm³/mol. The molecule has 0 heterocycles. The molecule has 0 bridgehead atoms. The molecule has 1 atom stereocenters. The summed E-state index contributed by atoms with van der Waals surface area (Å²) in [6.07, 6.45) is 0. The first-order valence-electron chi connectivity index (χ1n) is 5.89. The lowest BCUT2D eigenvalue weighted by molar-refractivity contribution is 0.0940. The number of carbonyl (C=O) groups is 1. The number of nitrogens with one attached hydrogen (secondary N) is 1. The van der Waals surface area contributed by atoms with Gasteiger partial charge in [0.25, 0.3) is 5.91 Å². The Hall–Kier alpha value is -1.32. The van der Waals surface area contributed by atoms with Gasteiger partial charge in [0.1, 0.15) is 0 Å². The van der Waals surface area contributed by atoms with Gasteiger partial charge in [0.05, 0.1) is 16.6 Å². The van der Waals surface area contributed by atoms with Crippen LogP contribution in [0.1, 0.15) is 28.9 Å². The molecule has 2 aromatic rings. The maximum absolute atomic E-state index is 12.1. The molecule has 1 N–H and O–H groups in total. The SMILES string of the molecule is C[C@@H](NC(=O)c1ccccc1Cl)c1ccc(Br)cc1. The Kier molecular flexibility index (Phi) is 4.61. The van der Waals surface area contributed by atoms with E-state index in [2.05, 4.69) is 21.2 Å². The van der Waals surface area contributed by atoms with E-state index in [1.807, 2.05) is 31.2 Å². The van der Waals surface area contributed by atoms with Crippen molar-refractivity contribution in [2.45, 2.75) is 13.0 Å². The summed E-state index contributed by atoms with van der Waals surface area (Å²) in [6.45, 7) is 1.94. The summed E-state index contributed by atoms with van der Waals surface area (Å²) in [4.78, 5) is 12.1. The number of carbonyl (C=O) groups excluding carboxylic acids is 1. The molecular formula is C15H13BrClNO. The summed E-state index contributed by atoms with van der Waals surface area (Å²) in [7, 11) is 0. The smallest absolute Gasteiger partial charge is 0.253 e. The third-order valence-corrected chi connectivity index (χ3v) is 3.69. The second kappa shape index (κ2) is 6.22. The molecule has 0 unspecified atom stereocenters. The van der Waals surface area contributed by atoms with Gasteiger partial charge in [-0.2, -0.15) is 0 Å². The normalized spacial score (nSPS) is 11.9. The molecular weight excluding hydrogens is 326 g/mol. The molecule has 2 nitrogen and oxygen atoms in total. The standard InChI is InChI=1S/C15H13BrClNO/c1-10(11-6-8-12(16)9-7-11)18-15(19)13-4-2-3-5-14(13)17/h2-10H,1H3,(H,18,19)/t10-/m1/s1. The third kappa shape index (κ3) is 3.58. The summed E-state index contributed by atoms with van der Waals surface area (Å²) in [5.74, 6) is -0.166. The number of rotatable bonds is 3. The lowest BCUT2D eigenvalue weighted by Crippen LogP contribution is -2.26. The van der Waals surface area contributed by atoms with Crippen LogP contribution in [-0.2, 0) is 0 Å². The topological polar surface area (TPSA) is 29.1 Å². The van der Waals surface area contributed by atoms with E-state index in [0.717, 1.165) is 10.0 Å². The second-order valence-corrected chi connectivity index (χ2v) is 5.55. The fourth-order valence-corrected chi connectivity index (χ4v) is 2.24. The first-order chi connectivity index (χ1) is 9.08. The van der Waals surface area contributed by atoms with Gasteiger partial charge in [-0.3, -0.25) is 4.79 Å². The van der Waals surface area contributed by atoms with Crippen LogP contribution in [0.25, 0.3) is 0 Å². The molecule has 4 heteroatoms. The molecule has 0 fully saturated rings. The van der Waals surface area contributed by atoms with Crippen molar-refractivity contribution in [3.05, 3.63) is 69.2 Å². The van der Waals surface area contributed by atoms with Crippen LogP contribution >= 0.6 is 27.5 Å². The monoisotopic (exact) mass is 337 g/mol. The maximum Gasteiger partial charge on any atom is 0.253 e. The number of hydrogen-bond donors (Lipinski definition) is 1. The summed E-state index contributed by atoms with van der Waals surface area (Å²) in [6, 6.07) is 14.8. The number of benzene rings is 2. The minimum Gasteiger partial charge on any atom is -0.345 e. The van der Waals surface area contributed by atoms with Crippen LogP contribution in [0.15, 0.2) is 53.0 Å². The van der Waals surface area contributed by atoms with Gasteiger partial charge in [0.15, 0.2) is 0 Å². The molecule has 0 aromatic heterocycles. The van der Waals surface area contributed by atoms with Gasteiger partial charge < -0.3 is 5.32 Å². The van der Waals surface area contributed by atoms with Crippen molar-refractivity contribution in [1.82, 2.24) is 5.32 Å². The number of halogens is 2. The van der Waals surface area contributed by atoms with Crippen LogP contribution in [0.2, 0.25) is 5.02 Å². The Balaban J connectivity index is 2.11. The third-order valence-electron chi connectivity index (χ3n) is 2.84. The van der Waals surface area contributed by atoms with Gasteiger partial charge in [0, 0.05) is 4.47 Å². The zero-order valence-electron chi connectivity index (χ0n) is 10.4. The van der Waals surface area contributed by atoms with E-state index < -0.39 is 0 Å². The zero-order chi connectivity index (χ0) is 13.8. The molecule has 0 aliphatic carbocycles. The Morgan fingerprint density at radius 1 is 1.16 bits per heavy atom. The number of hydrogen-bond acceptors (Lipinski definition) is 1. The lowest BCUT2D eigenvalue weighted by atomic mass is 10.1. The Morgan fingerprint density at radius 3 is 2.42 bits per heavy atom. The highest BCUT2D eigenvalue weighted by Crippen LogP contribution is 2.19. The van der Waals surface area contributed by atoms with Crippen molar-refractivity contribution in [1.29, 1.82) is 0 Å².